The third-order valence-corrected chi connectivity index (χ3v) is 3.87. The van der Waals surface area contributed by atoms with Crippen LogP contribution in [0.15, 0.2) is 42.5 Å². The molecule has 0 saturated heterocycles. The highest BCUT2D eigenvalue weighted by molar-refractivity contribution is 5.89. The summed E-state index contributed by atoms with van der Waals surface area (Å²) in [5.74, 6) is -0.957. The Morgan fingerprint density at radius 1 is 1.19 bits per heavy atom. The minimum Gasteiger partial charge on any atom is -0.405 e. The predicted octanol–water partition coefficient (Wildman–Crippen LogP) is 3.70. The van der Waals surface area contributed by atoms with Crippen molar-refractivity contribution in [3.8, 4) is 28.3 Å². The highest BCUT2D eigenvalue weighted by Gasteiger charge is 2.32. The maximum atomic E-state index is 12.8. The van der Waals surface area contributed by atoms with E-state index in [4.69, 9.17) is 5.73 Å². The van der Waals surface area contributed by atoms with Crippen LogP contribution in [0.3, 0.4) is 0 Å². The Hall–Kier alpha value is -3.36. The van der Waals surface area contributed by atoms with Crippen molar-refractivity contribution in [2.24, 2.45) is 5.73 Å². The fraction of sp³-hybridized carbons (Fsp3) is 0.167. The van der Waals surface area contributed by atoms with Crippen LogP contribution in [-0.2, 0) is 6.42 Å². The molecule has 6 nitrogen and oxygen atoms in total. The van der Waals surface area contributed by atoms with Crippen molar-refractivity contribution >= 4 is 5.91 Å². The second-order valence-corrected chi connectivity index (χ2v) is 5.64. The molecule has 0 aliphatic heterocycles. The van der Waals surface area contributed by atoms with Crippen molar-refractivity contribution in [3.63, 3.8) is 0 Å². The van der Waals surface area contributed by atoms with Gasteiger partial charge in [0.15, 0.2) is 5.82 Å². The normalized spacial score (nSPS) is 11.4. The van der Waals surface area contributed by atoms with Crippen molar-refractivity contribution in [3.05, 3.63) is 53.9 Å². The molecule has 0 aliphatic rings. The number of rotatable bonds is 5. The number of primary amides is 1. The molecule has 9 heteroatoms. The SMILES string of the molecule is CCc1ccc(-c2n[nH]c(C(N)=O)n2)cc1-c1ccccc1OC(F)(F)F. The zero-order valence-electron chi connectivity index (χ0n) is 14.2. The number of benzene rings is 2. The van der Waals surface area contributed by atoms with Crippen LogP contribution in [0.2, 0.25) is 0 Å². The average molecular weight is 376 g/mol. The standard InChI is InChI=1S/C18H15F3N4O2/c1-2-10-7-8-11(16-23-17(15(22)26)25-24-16)9-13(10)12-5-3-4-6-14(12)27-18(19,20)21/h3-9H,2H2,1H3,(H2,22,26)(H,23,24,25). The van der Waals surface area contributed by atoms with Gasteiger partial charge in [-0.3, -0.25) is 9.89 Å². The summed E-state index contributed by atoms with van der Waals surface area (Å²) < 4.78 is 42.4. The number of H-pyrrole nitrogens is 1. The summed E-state index contributed by atoms with van der Waals surface area (Å²) in [5, 5.41) is 6.36. The van der Waals surface area contributed by atoms with Gasteiger partial charge in [-0.15, -0.1) is 13.2 Å². The molecule has 0 atom stereocenters. The molecule has 3 rings (SSSR count). The quantitative estimate of drug-likeness (QED) is 0.710. The summed E-state index contributed by atoms with van der Waals surface area (Å²) in [5.41, 5.74) is 7.34. The number of nitrogens with zero attached hydrogens (tertiary/aromatic N) is 2. The van der Waals surface area contributed by atoms with Crippen LogP contribution in [-0.4, -0.2) is 27.5 Å². The largest absolute Gasteiger partial charge is 0.573 e. The number of carbonyl (C=O) groups excluding carboxylic acids is 1. The van der Waals surface area contributed by atoms with E-state index < -0.39 is 12.3 Å². The molecule has 1 amide bonds. The Bertz CT molecular complexity index is 983. The Morgan fingerprint density at radius 2 is 1.93 bits per heavy atom. The van der Waals surface area contributed by atoms with Gasteiger partial charge < -0.3 is 10.5 Å². The summed E-state index contributed by atoms with van der Waals surface area (Å²) in [7, 11) is 0. The van der Waals surface area contributed by atoms with Crippen molar-refractivity contribution in [2.45, 2.75) is 19.7 Å². The molecule has 3 N–H and O–H groups in total. The number of para-hydroxylation sites is 1. The van der Waals surface area contributed by atoms with Gasteiger partial charge in [0, 0.05) is 11.1 Å². The lowest BCUT2D eigenvalue weighted by molar-refractivity contribution is -0.274. The number of nitrogens with two attached hydrogens (primary N) is 1. The molecule has 0 fully saturated rings. The van der Waals surface area contributed by atoms with E-state index in [2.05, 4.69) is 19.9 Å². The number of alkyl halides is 3. The highest BCUT2D eigenvalue weighted by atomic mass is 19.4. The molecule has 0 bridgehead atoms. The number of hydrogen-bond donors (Lipinski definition) is 2. The fourth-order valence-corrected chi connectivity index (χ4v) is 2.68. The van der Waals surface area contributed by atoms with Crippen LogP contribution < -0.4 is 10.5 Å². The second kappa shape index (κ2) is 7.10. The maximum absolute atomic E-state index is 12.8. The zero-order valence-corrected chi connectivity index (χ0v) is 14.2. The number of nitrogens with one attached hydrogen (secondary N) is 1. The number of carbonyl (C=O) groups is 1. The summed E-state index contributed by atoms with van der Waals surface area (Å²) in [6, 6.07) is 11.1. The lowest BCUT2D eigenvalue weighted by atomic mass is 9.95. The van der Waals surface area contributed by atoms with Crippen molar-refractivity contribution in [2.75, 3.05) is 0 Å². The first-order valence-corrected chi connectivity index (χ1v) is 7.99. The summed E-state index contributed by atoms with van der Waals surface area (Å²) in [4.78, 5) is 15.2. The van der Waals surface area contributed by atoms with Gasteiger partial charge in [-0.05, 0) is 29.7 Å². The van der Waals surface area contributed by atoms with Crippen molar-refractivity contribution in [1.29, 1.82) is 0 Å². The summed E-state index contributed by atoms with van der Waals surface area (Å²) in [6.45, 7) is 1.89. The summed E-state index contributed by atoms with van der Waals surface area (Å²) in [6.07, 6.45) is -4.21. The second-order valence-electron chi connectivity index (χ2n) is 5.64. The van der Waals surface area contributed by atoms with Gasteiger partial charge in [-0.1, -0.05) is 37.3 Å². The topological polar surface area (TPSA) is 93.9 Å². The molecule has 0 aliphatic carbocycles. The number of amides is 1. The van der Waals surface area contributed by atoms with E-state index in [-0.39, 0.29) is 17.4 Å². The van der Waals surface area contributed by atoms with Crippen molar-refractivity contribution < 1.29 is 22.7 Å². The zero-order chi connectivity index (χ0) is 19.6. The predicted molar refractivity (Wildman–Crippen MR) is 91.8 cm³/mol. The lowest BCUT2D eigenvalue weighted by Crippen LogP contribution is -2.17. The highest BCUT2D eigenvalue weighted by Crippen LogP contribution is 2.37. The van der Waals surface area contributed by atoms with Crippen LogP contribution in [0.5, 0.6) is 5.75 Å². The third kappa shape index (κ3) is 4.08. The van der Waals surface area contributed by atoms with Gasteiger partial charge >= 0.3 is 6.36 Å². The van der Waals surface area contributed by atoms with Gasteiger partial charge in [-0.25, -0.2) is 4.98 Å². The molecule has 0 unspecified atom stereocenters. The Labute approximate surface area is 152 Å². The van der Waals surface area contributed by atoms with Gasteiger partial charge in [0.1, 0.15) is 5.75 Å². The van der Waals surface area contributed by atoms with Crippen LogP contribution in [0.4, 0.5) is 13.2 Å². The number of halogens is 3. The molecule has 1 heterocycles. The first-order valence-electron chi connectivity index (χ1n) is 7.99. The molecule has 0 spiro atoms. The van der Waals surface area contributed by atoms with E-state index in [0.29, 0.717) is 23.1 Å². The number of hydrogen-bond acceptors (Lipinski definition) is 4. The molecule has 140 valence electrons. The summed E-state index contributed by atoms with van der Waals surface area (Å²) >= 11 is 0. The minimum absolute atomic E-state index is 0.105. The first kappa shape index (κ1) is 18.4. The number of aromatic amines is 1. The average Bonchev–Trinajstić information content (AvgIpc) is 3.11. The Kier molecular flexibility index (Phi) is 4.85. The van der Waals surface area contributed by atoms with Gasteiger partial charge in [-0.2, -0.15) is 5.10 Å². The van der Waals surface area contributed by atoms with Crippen molar-refractivity contribution in [1.82, 2.24) is 15.2 Å². The fourth-order valence-electron chi connectivity index (χ4n) is 2.68. The van der Waals surface area contributed by atoms with Gasteiger partial charge in [0.05, 0.1) is 0 Å². The molecule has 0 saturated carbocycles. The molecule has 1 aromatic heterocycles. The maximum Gasteiger partial charge on any atom is 0.573 e. The van der Waals surface area contributed by atoms with Gasteiger partial charge in [0.25, 0.3) is 5.91 Å². The monoisotopic (exact) mass is 376 g/mol. The Balaban J connectivity index is 2.11. The molecule has 0 radical (unpaired) electrons. The van der Waals surface area contributed by atoms with Crippen LogP contribution >= 0.6 is 0 Å². The van der Waals surface area contributed by atoms with Crippen LogP contribution in [0, 0.1) is 0 Å². The third-order valence-electron chi connectivity index (χ3n) is 3.87. The number of ether oxygens (including phenoxy) is 1. The lowest BCUT2D eigenvalue weighted by Gasteiger charge is -2.16. The van der Waals surface area contributed by atoms with Crippen LogP contribution in [0.1, 0.15) is 23.1 Å². The van der Waals surface area contributed by atoms with Gasteiger partial charge in [0.2, 0.25) is 5.82 Å². The minimum atomic E-state index is -4.81. The number of aromatic nitrogens is 3. The molecular formula is C18H15F3N4O2. The van der Waals surface area contributed by atoms with E-state index in [1.165, 1.54) is 12.1 Å². The van der Waals surface area contributed by atoms with E-state index in [1.807, 2.05) is 6.92 Å². The van der Waals surface area contributed by atoms with E-state index in [9.17, 15) is 18.0 Å². The smallest absolute Gasteiger partial charge is 0.405 e. The molecule has 3 aromatic rings. The van der Waals surface area contributed by atoms with E-state index in [0.717, 1.165) is 5.56 Å². The number of aryl methyl sites for hydroxylation is 1. The van der Waals surface area contributed by atoms with Crippen LogP contribution in [0.25, 0.3) is 22.5 Å². The Morgan fingerprint density at radius 3 is 2.56 bits per heavy atom. The molecular weight excluding hydrogens is 361 g/mol. The van der Waals surface area contributed by atoms with E-state index >= 15 is 0 Å². The molecule has 27 heavy (non-hydrogen) atoms. The first-order chi connectivity index (χ1) is 12.8. The molecule has 2 aromatic carbocycles. The van der Waals surface area contributed by atoms with E-state index in [1.54, 1.807) is 30.3 Å².